The van der Waals surface area contributed by atoms with Crippen LogP contribution in [-0.4, -0.2) is 42.1 Å². The molecule has 110 valence electrons. The molecule has 0 unspecified atom stereocenters. The Labute approximate surface area is 115 Å². The summed E-state index contributed by atoms with van der Waals surface area (Å²) in [5.74, 6) is 0.243. The van der Waals surface area contributed by atoms with Crippen LogP contribution in [0.1, 0.15) is 47.0 Å². The van der Waals surface area contributed by atoms with Crippen LogP contribution in [0.3, 0.4) is 0 Å². The highest BCUT2D eigenvalue weighted by Gasteiger charge is 2.35. The van der Waals surface area contributed by atoms with Crippen molar-refractivity contribution in [3.8, 4) is 0 Å². The summed E-state index contributed by atoms with van der Waals surface area (Å²) in [4.78, 5) is 25.6. The van der Waals surface area contributed by atoms with E-state index >= 15 is 0 Å². The van der Waals surface area contributed by atoms with Gasteiger partial charge in [-0.05, 0) is 32.1 Å². The summed E-state index contributed by atoms with van der Waals surface area (Å²) >= 11 is 0. The molecule has 1 rings (SSSR count). The van der Waals surface area contributed by atoms with E-state index in [0.717, 1.165) is 19.3 Å². The zero-order valence-corrected chi connectivity index (χ0v) is 12.4. The smallest absolute Gasteiger partial charge is 0.410 e. The van der Waals surface area contributed by atoms with Gasteiger partial charge in [-0.1, -0.05) is 20.8 Å². The molecule has 1 aliphatic rings. The molecule has 1 saturated heterocycles. The Morgan fingerprint density at radius 3 is 2.63 bits per heavy atom. The number of rotatable bonds is 5. The Morgan fingerprint density at radius 1 is 1.37 bits per heavy atom. The molecule has 1 heterocycles. The molecule has 1 N–H and O–H groups in total. The monoisotopic (exact) mass is 270 g/mol. The number of ether oxygens (including phenoxy) is 1. The van der Waals surface area contributed by atoms with E-state index in [-0.39, 0.29) is 24.1 Å². The van der Waals surface area contributed by atoms with Crippen LogP contribution in [0.4, 0.5) is 4.79 Å². The third-order valence-electron chi connectivity index (χ3n) is 3.33. The summed E-state index contributed by atoms with van der Waals surface area (Å²) in [5.41, 5.74) is 0. The fourth-order valence-corrected chi connectivity index (χ4v) is 2.02. The van der Waals surface area contributed by atoms with Gasteiger partial charge in [0.15, 0.2) is 0 Å². The minimum absolute atomic E-state index is 0.0617. The van der Waals surface area contributed by atoms with Crippen LogP contribution in [-0.2, 0) is 9.53 Å². The van der Waals surface area contributed by atoms with Gasteiger partial charge < -0.3 is 10.1 Å². The molecule has 0 aromatic heterocycles. The number of hydrogen-bond acceptors (Lipinski definition) is 3. The van der Waals surface area contributed by atoms with Crippen LogP contribution in [0.15, 0.2) is 0 Å². The summed E-state index contributed by atoms with van der Waals surface area (Å²) < 4.78 is 5.21. The molecular weight excluding hydrogens is 244 g/mol. The average molecular weight is 270 g/mol. The lowest BCUT2D eigenvalue weighted by atomic mass is 10.2. The Hall–Kier alpha value is -1.26. The van der Waals surface area contributed by atoms with Gasteiger partial charge in [0, 0.05) is 12.6 Å². The van der Waals surface area contributed by atoms with Gasteiger partial charge in [-0.2, -0.15) is 0 Å². The van der Waals surface area contributed by atoms with Gasteiger partial charge >= 0.3 is 6.09 Å². The maximum Gasteiger partial charge on any atom is 0.410 e. The maximum atomic E-state index is 12.1. The molecular formula is C14H26N2O3. The number of hydrogen-bond donors (Lipinski definition) is 1. The van der Waals surface area contributed by atoms with E-state index in [1.165, 1.54) is 0 Å². The second-order valence-corrected chi connectivity index (χ2v) is 5.64. The molecule has 1 aliphatic heterocycles. The molecule has 2 amide bonds. The van der Waals surface area contributed by atoms with E-state index in [4.69, 9.17) is 4.74 Å². The second-order valence-electron chi connectivity index (χ2n) is 5.64. The normalized spacial score (nSPS) is 20.5. The standard InChI is InChI=1S/C14H26N2O3/c1-5-11(4)15-13(17)12-7-6-8-16(12)14(18)19-9-10(2)3/h10-12H,5-9H2,1-4H3,(H,15,17)/t11-,12-/m0/s1. The van der Waals surface area contributed by atoms with Crippen molar-refractivity contribution >= 4 is 12.0 Å². The highest BCUT2D eigenvalue weighted by Crippen LogP contribution is 2.19. The molecule has 1 fully saturated rings. The van der Waals surface area contributed by atoms with Crippen LogP contribution in [0, 0.1) is 5.92 Å². The lowest BCUT2D eigenvalue weighted by Crippen LogP contribution is -2.48. The minimum atomic E-state index is -0.367. The third-order valence-corrected chi connectivity index (χ3v) is 3.33. The van der Waals surface area contributed by atoms with E-state index in [2.05, 4.69) is 5.32 Å². The SMILES string of the molecule is CC[C@H](C)NC(=O)[C@@H]1CCCN1C(=O)OCC(C)C. The first-order valence-corrected chi connectivity index (χ1v) is 7.19. The van der Waals surface area contributed by atoms with E-state index in [1.807, 2.05) is 27.7 Å². The summed E-state index contributed by atoms with van der Waals surface area (Å²) in [7, 11) is 0. The summed E-state index contributed by atoms with van der Waals surface area (Å²) in [5, 5.41) is 2.93. The Morgan fingerprint density at radius 2 is 2.05 bits per heavy atom. The molecule has 0 aromatic carbocycles. The Bertz CT molecular complexity index is 318. The van der Waals surface area contributed by atoms with Crippen LogP contribution >= 0.6 is 0 Å². The van der Waals surface area contributed by atoms with Gasteiger partial charge in [0.05, 0.1) is 6.61 Å². The van der Waals surface area contributed by atoms with E-state index < -0.39 is 0 Å². The van der Waals surface area contributed by atoms with Crippen molar-refractivity contribution in [3.63, 3.8) is 0 Å². The first kappa shape index (κ1) is 15.8. The number of carbonyl (C=O) groups excluding carboxylic acids is 2. The summed E-state index contributed by atoms with van der Waals surface area (Å²) in [6, 6.07) is -0.227. The van der Waals surface area contributed by atoms with Crippen molar-refractivity contribution in [2.24, 2.45) is 5.92 Å². The highest BCUT2D eigenvalue weighted by atomic mass is 16.6. The van der Waals surface area contributed by atoms with E-state index in [9.17, 15) is 9.59 Å². The number of amides is 2. The minimum Gasteiger partial charge on any atom is -0.449 e. The molecule has 5 nitrogen and oxygen atoms in total. The molecule has 5 heteroatoms. The predicted octanol–water partition coefficient (Wildman–Crippen LogP) is 2.16. The lowest BCUT2D eigenvalue weighted by molar-refractivity contribution is -0.125. The van der Waals surface area contributed by atoms with Gasteiger partial charge in [0.2, 0.25) is 5.91 Å². The molecule has 0 saturated carbocycles. The van der Waals surface area contributed by atoms with E-state index in [1.54, 1.807) is 4.90 Å². The summed E-state index contributed by atoms with van der Waals surface area (Å²) in [6.07, 6.45) is 2.10. The number of likely N-dealkylation sites (tertiary alicyclic amines) is 1. The zero-order chi connectivity index (χ0) is 14.4. The molecule has 0 bridgehead atoms. The lowest BCUT2D eigenvalue weighted by Gasteiger charge is -2.25. The van der Waals surface area contributed by atoms with Gasteiger partial charge in [-0.15, -0.1) is 0 Å². The summed E-state index contributed by atoms with van der Waals surface area (Å²) in [6.45, 7) is 8.97. The largest absolute Gasteiger partial charge is 0.449 e. The average Bonchev–Trinajstić information content (AvgIpc) is 2.84. The first-order chi connectivity index (χ1) is 8.95. The van der Waals surface area contributed by atoms with Crippen molar-refractivity contribution in [2.45, 2.75) is 59.0 Å². The van der Waals surface area contributed by atoms with Crippen molar-refractivity contribution in [2.75, 3.05) is 13.2 Å². The number of nitrogens with zero attached hydrogens (tertiary/aromatic N) is 1. The van der Waals surface area contributed by atoms with Crippen LogP contribution < -0.4 is 5.32 Å². The van der Waals surface area contributed by atoms with Gasteiger partial charge in [-0.25, -0.2) is 4.79 Å². The van der Waals surface area contributed by atoms with Crippen molar-refractivity contribution in [3.05, 3.63) is 0 Å². The van der Waals surface area contributed by atoms with Gasteiger partial charge in [-0.3, -0.25) is 9.69 Å². The van der Waals surface area contributed by atoms with Crippen LogP contribution in [0.2, 0.25) is 0 Å². The Kier molecular flexibility index (Phi) is 6.12. The first-order valence-electron chi connectivity index (χ1n) is 7.19. The molecule has 0 aliphatic carbocycles. The Balaban J connectivity index is 2.53. The molecule has 19 heavy (non-hydrogen) atoms. The molecule has 0 spiro atoms. The van der Waals surface area contributed by atoms with Crippen LogP contribution in [0.5, 0.6) is 0 Å². The molecule has 0 aromatic rings. The predicted molar refractivity (Wildman–Crippen MR) is 73.8 cm³/mol. The van der Waals surface area contributed by atoms with Crippen molar-refractivity contribution < 1.29 is 14.3 Å². The maximum absolute atomic E-state index is 12.1. The van der Waals surface area contributed by atoms with Gasteiger partial charge in [0.25, 0.3) is 0 Å². The van der Waals surface area contributed by atoms with Crippen molar-refractivity contribution in [1.29, 1.82) is 0 Å². The van der Waals surface area contributed by atoms with E-state index in [0.29, 0.717) is 19.1 Å². The fourth-order valence-electron chi connectivity index (χ4n) is 2.02. The number of carbonyl (C=O) groups is 2. The second kappa shape index (κ2) is 7.36. The molecule has 0 radical (unpaired) electrons. The third kappa shape index (κ3) is 4.73. The quantitative estimate of drug-likeness (QED) is 0.833. The molecule has 2 atom stereocenters. The van der Waals surface area contributed by atoms with Crippen molar-refractivity contribution in [1.82, 2.24) is 10.2 Å². The fraction of sp³-hybridized carbons (Fsp3) is 0.857. The topological polar surface area (TPSA) is 58.6 Å². The zero-order valence-electron chi connectivity index (χ0n) is 12.4. The van der Waals surface area contributed by atoms with Crippen LogP contribution in [0.25, 0.3) is 0 Å². The highest BCUT2D eigenvalue weighted by molar-refractivity contribution is 5.86. The van der Waals surface area contributed by atoms with Gasteiger partial charge in [0.1, 0.15) is 6.04 Å². The number of nitrogens with one attached hydrogen (secondary N) is 1.